The molecule has 0 radical (unpaired) electrons. The second-order valence-corrected chi connectivity index (χ2v) is 5.45. The van der Waals surface area contributed by atoms with Gasteiger partial charge in [0.25, 0.3) is 0 Å². The zero-order valence-electron chi connectivity index (χ0n) is 11.9. The van der Waals surface area contributed by atoms with Gasteiger partial charge in [0.1, 0.15) is 5.82 Å². The summed E-state index contributed by atoms with van der Waals surface area (Å²) in [7, 11) is 0. The number of carboxylic acid groups (broad SMARTS) is 1. The summed E-state index contributed by atoms with van der Waals surface area (Å²) in [6.07, 6.45) is 1.09. The lowest BCUT2D eigenvalue weighted by atomic mass is 10.1. The van der Waals surface area contributed by atoms with Crippen LogP contribution in [-0.4, -0.2) is 41.1 Å². The third kappa shape index (κ3) is 4.18. The highest BCUT2D eigenvalue weighted by Gasteiger charge is 2.31. The summed E-state index contributed by atoms with van der Waals surface area (Å²) in [5.74, 6) is -1.61. The largest absolute Gasteiger partial charge is 0.481 e. The summed E-state index contributed by atoms with van der Waals surface area (Å²) in [6, 6.07) is 5.81. The number of likely N-dealkylation sites (tertiary alicyclic amines) is 1. The van der Waals surface area contributed by atoms with E-state index in [4.69, 9.17) is 5.11 Å². The molecule has 1 fully saturated rings. The van der Waals surface area contributed by atoms with Crippen LogP contribution in [0.25, 0.3) is 0 Å². The number of halogens is 1. The molecule has 0 saturated carbocycles. The lowest BCUT2D eigenvalue weighted by Gasteiger charge is -2.20. The van der Waals surface area contributed by atoms with Crippen molar-refractivity contribution in [1.82, 2.24) is 10.2 Å². The van der Waals surface area contributed by atoms with E-state index >= 15 is 0 Å². The highest BCUT2D eigenvalue weighted by atomic mass is 19.1. The van der Waals surface area contributed by atoms with Crippen LogP contribution < -0.4 is 5.32 Å². The molecule has 1 aromatic carbocycles. The van der Waals surface area contributed by atoms with E-state index in [0.29, 0.717) is 19.4 Å². The first-order valence-corrected chi connectivity index (χ1v) is 6.98. The molecule has 6 heteroatoms. The number of benzene rings is 1. The quantitative estimate of drug-likeness (QED) is 0.890. The Balaban J connectivity index is 1.82. The average Bonchev–Trinajstić information content (AvgIpc) is 2.91. The molecule has 21 heavy (non-hydrogen) atoms. The van der Waals surface area contributed by atoms with E-state index in [2.05, 4.69) is 5.32 Å². The number of carbonyl (C=O) groups is 2. The van der Waals surface area contributed by atoms with Gasteiger partial charge >= 0.3 is 12.0 Å². The molecule has 2 N–H and O–H groups in total. The second kappa shape index (κ2) is 6.56. The van der Waals surface area contributed by atoms with Gasteiger partial charge in [0.05, 0.1) is 5.92 Å². The highest BCUT2D eigenvalue weighted by Crippen LogP contribution is 2.16. The van der Waals surface area contributed by atoms with Crippen molar-refractivity contribution in [3.63, 3.8) is 0 Å². The predicted molar refractivity (Wildman–Crippen MR) is 75.4 cm³/mol. The number of amides is 2. The lowest BCUT2D eigenvalue weighted by Crippen LogP contribution is -2.43. The van der Waals surface area contributed by atoms with Crippen LogP contribution in [-0.2, 0) is 11.2 Å². The van der Waals surface area contributed by atoms with Gasteiger partial charge in [-0.05, 0) is 37.5 Å². The summed E-state index contributed by atoms with van der Waals surface area (Å²) >= 11 is 0. The lowest BCUT2D eigenvalue weighted by molar-refractivity contribution is -0.141. The number of rotatable bonds is 4. The van der Waals surface area contributed by atoms with Gasteiger partial charge in [0.15, 0.2) is 0 Å². The number of aliphatic carboxylic acids is 1. The molecule has 0 bridgehead atoms. The van der Waals surface area contributed by atoms with E-state index in [1.807, 2.05) is 6.92 Å². The van der Waals surface area contributed by atoms with Crippen molar-refractivity contribution in [1.29, 1.82) is 0 Å². The summed E-state index contributed by atoms with van der Waals surface area (Å²) in [4.78, 5) is 24.4. The molecule has 0 aromatic heterocycles. The Morgan fingerprint density at radius 3 is 2.67 bits per heavy atom. The van der Waals surface area contributed by atoms with Gasteiger partial charge in [0.2, 0.25) is 0 Å². The van der Waals surface area contributed by atoms with Crippen LogP contribution in [0.3, 0.4) is 0 Å². The van der Waals surface area contributed by atoms with Crippen molar-refractivity contribution in [2.24, 2.45) is 5.92 Å². The maximum absolute atomic E-state index is 12.8. The molecule has 2 amide bonds. The van der Waals surface area contributed by atoms with Gasteiger partial charge in [0, 0.05) is 19.1 Å². The summed E-state index contributed by atoms with van der Waals surface area (Å²) in [5.41, 5.74) is 0.939. The van der Waals surface area contributed by atoms with Gasteiger partial charge in [-0.1, -0.05) is 12.1 Å². The zero-order valence-corrected chi connectivity index (χ0v) is 11.9. The number of carboxylic acids is 1. The Hall–Kier alpha value is -2.11. The van der Waals surface area contributed by atoms with Gasteiger partial charge in [-0.2, -0.15) is 0 Å². The third-order valence-corrected chi connectivity index (χ3v) is 3.65. The zero-order chi connectivity index (χ0) is 15.4. The molecular formula is C15H19FN2O3. The number of hydrogen-bond acceptors (Lipinski definition) is 2. The highest BCUT2D eigenvalue weighted by molar-refractivity contribution is 5.77. The minimum Gasteiger partial charge on any atom is -0.481 e. The fraction of sp³-hybridized carbons (Fsp3) is 0.467. The Bertz CT molecular complexity index is 518. The van der Waals surface area contributed by atoms with Crippen molar-refractivity contribution in [3.05, 3.63) is 35.6 Å². The molecule has 1 aromatic rings. The first-order chi connectivity index (χ1) is 9.95. The molecule has 1 aliphatic heterocycles. The molecule has 2 rings (SSSR count). The maximum Gasteiger partial charge on any atom is 0.317 e. The van der Waals surface area contributed by atoms with Crippen LogP contribution in [0.4, 0.5) is 9.18 Å². The van der Waals surface area contributed by atoms with E-state index in [0.717, 1.165) is 5.56 Å². The van der Waals surface area contributed by atoms with E-state index in [1.165, 1.54) is 17.0 Å². The van der Waals surface area contributed by atoms with E-state index in [1.54, 1.807) is 12.1 Å². The van der Waals surface area contributed by atoms with Crippen molar-refractivity contribution in [2.75, 3.05) is 13.1 Å². The molecule has 1 aliphatic rings. The van der Waals surface area contributed by atoms with Crippen LogP contribution in [0, 0.1) is 11.7 Å². The average molecular weight is 294 g/mol. The molecule has 0 aliphatic carbocycles. The molecule has 5 nitrogen and oxygen atoms in total. The van der Waals surface area contributed by atoms with Gasteiger partial charge in [-0.15, -0.1) is 0 Å². The van der Waals surface area contributed by atoms with Crippen LogP contribution in [0.1, 0.15) is 18.9 Å². The monoisotopic (exact) mass is 294 g/mol. The van der Waals surface area contributed by atoms with Crippen molar-refractivity contribution in [3.8, 4) is 0 Å². The molecule has 1 heterocycles. The van der Waals surface area contributed by atoms with E-state index < -0.39 is 11.9 Å². The fourth-order valence-corrected chi connectivity index (χ4v) is 2.47. The van der Waals surface area contributed by atoms with Crippen LogP contribution in [0.2, 0.25) is 0 Å². The molecular weight excluding hydrogens is 275 g/mol. The fourth-order valence-electron chi connectivity index (χ4n) is 2.47. The molecule has 2 atom stereocenters. The van der Waals surface area contributed by atoms with Crippen molar-refractivity contribution in [2.45, 2.75) is 25.8 Å². The maximum atomic E-state index is 12.8. The summed E-state index contributed by atoms with van der Waals surface area (Å²) in [6.45, 7) is 2.59. The van der Waals surface area contributed by atoms with Gasteiger partial charge < -0.3 is 15.3 Å². The number of hydrogen-bond donors (Lipinski definition) is 2. The minimum absolute atomic E-state index is 0.105. The second-order valence-electron chi connectivity index (χ2n) is 5.45. The SMILES string of the molecule is CC(Cc1ccc(F)cc1)NC(=O)N1CCC(C(=O)O)C1. The number of carbonyl (C=O) groups excluding carboxylic acids is 1. The first-order valence-electron chi connectivity index (χ1n) is 6.98. The molecule has 2 unspecified atom stereocenters. The predicted octanol–water partition coefficient (Wildman–Crippen LogP) is 1.87. The third-order valence-electron chi connectivity index (χ3n) is 3.65. The molecule has 0 spiro atoms. The van der Waals surface area contributed by atoms with Gasteiger partial charge in [-0.3, -0.25) is 4.79 Å². The Labute approximate surface area is 122 Å². The summed E-state index contributed by atoms with van der Waals surface area (Å²) < 4.78 is 12.8. The number of nitrogens with one attached hydrogen (secondary N) is 1. The van der Waals surface area contributed by atoms with Crippen molar-refractivity contribution < 1.29 is 19.1 Å². The molecule has 1 saturated heterocycles. The normalized spacial score (nSPS) is 19.3. The topological polar surface area (TPSA) is 69.6 Å². The van der Waals surface area contributed by atoms with Crippen LogP contribution in [0.5, 0.6) is 0 Å². The number of urea groups is 1. The first kappa shape index (κ1) is 15.3. The smallest absolute Gasteiger partial charge is 0.317 e. The molecule has 114 valence electrons. The van der Waals surface area contributed by atoms with E-state index in [-0.39, 0.29) is 24.4 Å². The minimum atomic E-state index is -0.857. The Morgan fingerprint density at radius 2 is 2.10 bits per heavy atom. The van der Waals surface area contributed by atoms with Gasteiger partial charge in [-0.25, -0.2) is 9.18 Å². The van der Waals surface area contributed by atoms with E-state index in [9.17, 15) is 14.0 Å². The summed E-state index contributed by atoms with van der Waals surface area (Å²) in [5, 5.41) is 11.8. The van der Waals surface area contributed by atoms with Crippen LogP contribution >= 0.6 is 0 Å². The Morgan fingerprint density at radius 1 is 1.43 bits per heavy atom. The van der Waals surface area contributed by atoms with Crippen molar-refractivity contribution >= 4 is 12.0 Å². The standard InChI is InChI=1S/C15H19FN2O3/c1-10(8-11-2-4-13(16)5-3-11)17-15(21)18-7-6-12(9-18)14(19)20/h2-5,10,12H,6-9H2,1H3,(H,17,21)(H,19,20). The Kier molecular flexibility index (Phi) is 4.77. The van der Waals surface area contributed by atoms with Crippen LogP contribution in [0.15, 0.2) is 24.3 Å². The number of nitrogens with zero attached hydrogens (tertiary/aromatic N) is 1.